The van der Waals surface area contributed by atoms with Crippen molar-refractivity contribution >= 4 is 5.97 Å². The molecule has 0 bridgehead atoms. The SMILES string of the molecule is CCCCCCCCCCCCCCC(CCc1ccccc1)(C(=O)[O-])[N+](C)(C)C. The maximum atomic E-state index is 12.3. The van der Waals surface area contributed by atoms with E-state index in [1.807, 2.05) is 39.3 Å². The number of aliphatic carboxylic acids is 1. The van der Waals surface area contributed by atoms with Gasteiger partial charge in [-0.1, -0.05) is 108 Å². The van der Waals surface area contributed by atoms with Gasteiger partial charge in [0.15, 0.2) is 0 Å². The van der Waals surface area contributed by atoms with Crippen LogP contribution in [0.1, 0.15) is 102 Å². The van der Waals surface area contributed by atoms with Gasteiger partial charge < -0.3 is 14.4 Å². The van der Waals surface area contributed by atoms with E-state index in [0.29, 0.717) is 17.3 Å². The van der Waals surface area contributed by atoms with Gasteiger partial charge in [0.2, 0.25) is 0 Å². The highest BCUT2D eigenvalue weighted by Crippen LogP contribution is 2.31. The van der Waals surface area contributed by atoms with Gasteiger partial charge in [0.1, 0.15) is 11.5 Å². The van der Waals surface area contributed by atoms with Crippen LogP contribution in [0.4, 0.5) is 0 Å². The van der Waals surface area contributed by atoms with Crippen molar-refractivity contribution in [3.05, 3.63) is 35.9 Å². The number of hydrogen-bond donors (Lipinski definition) is 0. The van der Waals surface area contributed by atoms with Crippen LogP contribution in [0.2, 0.25) is 0 Å². The number of carboxylic acid groups (broad SMARTS) is 1. The van der Waals surface area contributed by atoms with Crippen molar-refractivity contribution < 1.29 is 14.4 Å². The number of benzene rings is 1. The summed E-state index contributed by atoms with van der Waals surface area (Å²) >= 11 is 0. The minimum atomic E-state index is -0.894. The zero-order valence-electron chi connectivity index (χ0n) is 20.3. The predicted octanol–water partition coefficient (Wildman–Crippen LogP) is 5.91. The van der Waals surface area contributed by atoms with Crippen LogP contribution in [0.25, 0.3) is 0 Å². The molecule has 0 amide bonds. The van der Waals surface area contributed by atoms with Gasteiger partial charge in [0, 0.05) is 12.8 Å². The zero-order chi connectivity index (χ0) is 22.3. The van der Waals surface area contributed by atoms with Crippen LogP contribution in [0.15, 0.2) is 30.3 Å². The highest BCUT2D eigenvalue weighted by Gasteiger charge is 2.43. The highest BCUT2D eigenvalue weighted by molar-refractivity contribution is 5.75. The normalized spacial score (nSPS) is 13.9. The second-order valence-corrected chi connectivity index (χ2v) is 9.96. The van der Waals surface area contributed by atoms with E-state index in [0.717, 1.165) is 19.3 Å². The first-order chi connectivity index (χ1) is 14.3. The molecule has 0 saturated carbocycles. The molecule has 0 aliphatic carbocycles. The Morgan fingerprint density at radius 1 is 0.767 bits per heavy atom. The van der Waals surface area contributed by atoms with Crippen LogP contribution >= 0.6 is 0 Å². The first kappa shape index (κ1) is 26.7. The van der Waals surface area contributed by atoms with Crippen molar-refractivity contribution in [2.75, 3.05) is 21.1 Å². The molecule has 1 rings (SSSR count). The van der Waals surface area contributed by atoms with E-state index in [4.69, 9.17) is 0 Å². The molecule has 0 aliphatic rings. The third-order valence-corrected chi connectivity index (χ3v) is 6.78. The molecule has 0 fully saturated rings. The molecule has 3 heteroatoms. The summed E-state index contributed by atoms with van der Waals surface area (Å²) in [6.45, 7) is 2.26. The number of likely N-dealkylation sites (N-methyl/N-ethyl adjacent to an activating group) is 1. The molecule has 0 saturated heterocycles. The van der Waals surface area contributed by atoms with Crippen LogP contribution in [0, 0.1) is 0 Å². The lowest BCUT2D eigenvalue weighted by molar-refractivity contribution is -0.917. The second-order valence-electron chi connectivity index (χ2n) is 9.96. The lowest BCUT2D eigenvalue weighted by atomic mass is 9.83. The molecule has 172 valence electrons. The topological polar surface area (TPSA) is 40.1 Å². The third-order valence-electron chi connectivity index (χ3n) is 6.78. The molecule has 1 aromatic rings. The first-order valence-corrected chi connectivity index (χ1v) is 12.4. The van der Waals surface area contributed by atoms with Crippen molar-refractivity contribution in [2.24, 2.45) is 0 Å². The summed E-state index contributed by atoms with van der Waals surface area (Å²) in [6, 6.07) is 10.2. The molecule has 0 radical (unpaired) electrons. The molecule has 1 unspecified atom stereocenters. The molecular formula is C27H47NO2. The molecular weight excluding hydrogens is 370 g/mol. The third kappa shape index (κ3) is 9.64. The highest BCUT2D eigenvalue weighted by atomic mass is 16.4. The van der Waals surface area contributed by atoms with Gasteiger partial charge in [-0.25, -0.2) is 0 Å². The Balaban J connectivity index is 2.36. The smallest absolute Gasteiger partial charge is 0.139 e. The number of quaternary nitrogens is 1. The number of carbonyl (C=O) groups excluding carboxylic acids is 1. The molecule has 0 N–H and O–H groups in total. The molecule has 30 heavy (non-hydrogen) atoms. The Morgan fingerprint density at radius 3 is 1.67 bits per heavy atom. The number of carbonyl (C=O) groups is 1. The summed E-state index contributed by atoms with van der Waals surface area (Å²) in [5.41, 5.74) is 0.375. The summed E-state index contributed by atoms with van der Waals surface area (Å²) in [5.74, 6) is -0.894. The van der Waals surface area contributed by atoms with Crippen molar-refractivity contribution in [2.45, 2.75) is 109 Å². The number of unbranched alkanes of at least 4 members (excludes halogenated alkanes) is 11. The molecule has 1 atom stereocenters. The molecule has 0 aliphatic heterocycles. The number of nitrogens with zero attached hydrogens (tertiary/aromatic N) is 1. The van der Waals surface area contributed by atoms with Gasteiger partial charge in [0.25, 0.3) is 0 Å². The van der Waals surface area contributed by atoms with Crippen molar-refractivity contribution in [3.63, 3.8) is 0 Å². The van der Waals surface area contributed by atoms with Gasteiger partial charge in [-0.2, -0.15) is 0 Å². The van der Waals surface area contributed by atoms with E-state index in [1.165, 1.54) is 69.8 Å². The summed E-state index contributed by atoms with van der Waals surface area (Å²) in [4.78, 5) is 12.3. The largest absolute Gasteiger partial charge is 0.544 e. The standard InChI is InChI=1S/C27H47NO2/c1-5-6-7-8-9-10-11-12-13-14-15-19-23-27(26(29)30,28(2,3)4)24-22-25-20-17-16-18-21-25/h16-18,20-21H,5-15,19,22-24H2,1-4H3. The predicted molar refractivity (Wildman–Crippen MR) is 126 cm³/mol. The summed E-state index contributed by atoms with van der Waals surface area (Å²) in [6.07, 6.45) is 17.6. The Labute approximate surface area is 186 Å². The molecule has 0 heterocycles. The second kappa shape index (κ2) is 14.6. The van der Waals surface area contributed by atoms with Gasteiger partial charge in [-0.05, 0) is 18.4 Å². The zero-order valence-corrected chi connectivity index (χ0v) is 20.3. The van der Waals surface area contributed by atoms with Gasteiger partial charge in [0.05, 0.1) is 21.1 Å². The Kier molecular flexibility index (Phi) is 13.0. The molecule has 3 nitrogen and oxygen atoms in total. The van der Waals surface area contributed by atoms with Gasteiger partial charge in [-0.3, -0.25) is 0 Å². The van der Waals surface area contributed by atoms with Gasteiger partial charge in [-0.15, -0.1) is 0 Å². The quantitative estimate of drug-likeness (QED) is 0.220. The Hall–Kier alpha value is -1.35. The van der Waals surface area contributed by atoms with Gasteiger partial charge >= 0.3 is 0 Å². The number of carboxylic acids is 1. The van der Waals surface area contributed by atoms with E-state index >= 15 is 0 Å². The summed E-state index contributed by atoms with van der Waals surface area (Å²) in [7, 11) is 6.00. The van der Waals surface area contributed by atoms with Crippen molar-refractivity contribution in [3.8, 4) is 0 Å². The van der Waals surface area contributed by atoms with E-state index in [2.05, 4.69) is 19.1 Å². The molecule has 0 aromatic heterocycles. The van der Waals surface area contributed by atoms with E-state index < -0.39 is 11.5 Å². The van der Waals surface area contributed by atoms with Crippen LogP contribution in [-0.2, 0) is 11.2 Å². The lowest BCUT2D eigenvalue weighted by Crippen LogP contribution is -2.66. The maximum absolute atomic E-state index is 12.3. The first-order valence-electron chi connectivity index (χ1n) is 12.4. The van der Waals surface area contributed by atoms with E-state index in [1.54, 1.807) is 0 Å². The van der Waals surface area contributed by atoms with Crippen LogP contribution in [-0.4, -0.2) is 37.1 Å². The molecule has 0 spiro atoms. The monoisotopic (exact) mass is 417 g/mol. The fourth-order valence-electron chi connectivity index (χ4n) is 4.53. The average Bonchev–Trinajstić information content (AvgIpc) is 2.70. The minimum Gasteiger partial charge on any atom is -0.544 e. The number of aryl methyl sites for hydroxylation is 1. The summed E-state index contributed by atoms with van der Waals surface area (Å²) < 4.78 is 0.417. The number of rotatable bonds is 18. The Bertz CT molecular complexity index is 564. The molecule has 1 aromatic carbocycles. The van der Waals surface area contributed by atoms with Crippen molar-refractivity contribution in [1.82, 2.24) is 0 Å². The van der Waals surface area contributed by atoms with Crippen molar-refractivity contribution in [1.29, 1.82) is 0 Å². The van der Waals surface area contributed by atoms with E-state index in [-0.39, 0.29) is 0 Å². The fourth-order valence-corrected chi connectivity index (χ4v) is 4.53. The van der Waals surface area contributed by atoms with Crippen LogP contribution in [0.5, 0.6) is 0 Å². The van der Waals surface area contributed by atoms with E-state index in [9.17, 15) is 9.90 Å². The average molecular weight is 418 g/mol. The lowest BCUT2D eigenvalue weighted by Gasteiger charge is -2.47. The Morgan fingerprint density at radius 2 is 1.23 bits per heavy atom. The minimum absolute atomic E-state index is 0.417. The van der Waals surface area contributed by atoms with Crippen LogP contribution < -0.4 is 5.11 Å². The fraction of sp³-hybridized carbons (Fsp3) is 0.741. The number of hydrogen-bond acceptors (Lipinski definition) is 2. The summed E-state index contributed by atoms with van der Waals surface area (Å²) in [5, 5.41) is 12.3. The van der Waals surface area contributed by atoms with Crippen LogP contribution in [0.3, 0.4) is 0 Å². The maximum Gasteiger partial charge on any atom is 0.139 e.